The van der Waals surface area contributed by atoms with Gasteiger partial charge in [0.25, 0.3) is 0 Å². The van der Waals surface area contributed by atoms with Gasteiger partial charge in [-0.05, 0) is 32.4 Å². The van der Waals surface area contributed by atoms with Crippen LogP contribution in [0.3, 0.4) is 0 Å². The lowest BCUT2D eigenvalue weighted by atomic mass is 10.2. The van der Waals surface area contributed by atoms with E-state index >= 15 is 0 Å². The van der Waals surface area contributed by atoms with Gasteiger partial charge >= 0.3 is 0 Å². The predicted molar refractivity (Wildman–Crippen MR) is 62.6 cm³/mol. The van der Waals surface area contributed by atoms with E-state index in [1.54, 1.807) is 0 Å². The summed E-state index contributed by atoms with van der Waals surface area (Å²) in [6, 6.07) is 10.3. The lowest BCUT2D eigenvalue weighted by Crippen LogP contribution is -2.14. The summed E-state index contributed by atoms with van der Waals surface area (Å²) in [5, 5.41) is 0. The molecule has 2 radical (unpaired) electrons. The van der Waals surface area contributed by atoms with Gasteiger partial charge in [0, 0.05) is 12.2 Å². The molecular weight excluding hydrogens is 170 g/mol. The van der Waals surface area contributed by atoms with E-state index in [0.717, 1.165) is 6.42 Å². The van der Waals surface area contributed by atoms with Crippen molar-refractivity contribution in [3.05, 3.63) is 55.6 Å². The van der Waals surface area contributed by atoms with E-state index in [-0.39, 0.29) is 0 Å². The van der Waals surface area contributed by atoms with Gasteiger partial charge in [0.1, 0.15) is 0 Å². The highest BCUT2D eigenvalue weighted by molar-refractivity contribution is 5.49. The van der Waals surface area contributed by atoms with Crippen molar-refractivity contribution in [2.45, 2.75) is 20.3 Å². The van der Waals surface area contributed by atoms with Crippen molar-refractivity contribution in [2.75, 3.05) is 4.90 Å². The number of para-hydroxylation sites is 1. The minimum Gasteiger partial charge on any atom is -0.361 e. The predicted octanol–water partition coefficient (Wildman–Crippen LogP) is 3.80. The molecule has 1 nitrogen and oxygen atoms in total. The van der Waals surface area contributed by atoms with E-state index in [4.69, 9.17) is 0 Å². The topological polar surface area (TPSA) is 3.24 Å². The minimum absolute atomic E-state index is 0.916. The quantitative estimate of drug-likeness (QED) is 0.634. The highest BCUT2D eigenvalue weighted by Gasteiger charge is 2.03. The molecule has 0 spiro atoms. The van der Waals surface area contributed by atoms with Crippen LogP contribution in [0.2, 0.25) is 0 Å². The van der Waals surface area contributed by atoms with Crippen molar-refractivity contribution in [1.82, 2.24) is 0 Å². The molecule has 1 aromatic rings. The van der Waals surface area contributed by atoms with Crippen LogP contribution < -0.4 is 4.90 Å². The molecule has 1 rings (SSSR count). The maximum absolute atomic E-state index is 3.88. The number of anilines is 1. The first kappa shape index (κ1) is 10.8. The summed E-state index contributed by atoms with van der Waals surface area (Å²) < 4.78 is 0. The van der Waals surface area contributed by atoms with Gasteiger partial charge in [0.15, 0.2) is 0 Å². The molecule has 0 aromatic heterocycles. The second-order valence-electron chi connectivity index (χ2n) is 3.34. The first-order valence-electron chi connectivity index (χ1n) is 4.84. The fourth-order valence-corrected chi connectivity index (χ4v) is 1.21. The normalized spacial score (nSPS) is 9.86. The Labute approximate surface area is 87.1 Å². The molecule has 74 valence electrons. The van der Waals surface area contributed by atoms with Gasteiger partial charge < -0.3 is 4.90 Å². The van der Waals surface area contributed by atoms with E-state index in [0.29, 0.717) is 0 Å². The van der Waals surface area contributed by atoms with Crippen LogP contribution in [0.1, 0.15) is 20.3 Å². The Bertz CT molecular complexity index is 277. The molecule has 0 atom stereocenters. The third kappa shape index (κ3) is 3.25. The molecule has 0 bridgehead atoms. The van der Waals surface area contributed by atoms with Crippen LogP contribution in [0.4, 0.5) is 5.69 Å². The first-order chi connectivity index (χ1) is 6.74. The number of benzene rings is 1. The average molecular weight is 187 g/mol. The molecule has 14 heavy (non-hydrogen) atoms. The zero-order chi connectivity index (χ0) is 10.4. The van der Waals surface area contributed by atoms with Crippen molar-refractivity contribution < 1.29 is 0 Å². The Balaban J connectivity index is 2.58. The molecule has 1 heteroatoms. The number of rotatable bonds is 5. The molecule has 0 heterocycles. The fourth-order valence-electron chi connectivity index (χ4n) is 1.21. The highest BCUT2D eigenvalue weighted by atomic mass is 15.1. The van der Waals surface area contributed by atoms with E-state index in [2.05, 4.69) is 36.7 Å². The van der Waals surface area contributed by atoms with Gasteiger partial charge in [-0.1, -0.05) is 23.8 Å². The summed E-state index contributed by atoms with van der Waals surface area (Å²) in [4.78, 5) is 2.12. The number of hydrogen-bond acceptors (Lipinski definition) is 1. The Morgan fingerprint density at radius 2 is 2.00 bits per heavy atom. The summed E-state index contributed by atoms with van der Waals surface area (Å²) in [5.41, 5.74) is 2.36. The molecule has 0 N–H and O–H groups in total. The van der Waals surface area contributed by atoms with Crippen LogP contribution in [0.5, 0.6) is 0 Å². The Hall–Kier alpha value is -1.24. The van der Waals surface area contributed by atoms with Crippen molar-refractivity contribution in [3.8, 4) is 0 Å². The van der Waals surface area contributed by atoms with Gasteiger partial charge in [0.05, 0.1) is 6.54 Å². The summed E-state index contributed by atoms with van der Waals surface area (Å²) in [6.07, 6.45) is 0.916. The van der Waals surface area contributed by atoms with E-state index in [9.17, 15) is 0 Å². The van der Waals surface area contributed by atoms with Gasteiger partial charge in [-0.25, -0.2) is 0 Å². The lowest BCUT2D eigenvalue weighted by molar-refractivity contribution is 0.970. The molecule has 1 aromatic carbocycles. The maximum atomic E-state index is 3.88. The van der Waals surface area contributed by atoms with Crippen LogP contribution in [-0.2, 0) is 0 Å². The Kier molecular flexibility index (Phi) is 4.24. The van der Waals surface area contributed by atoms with Gasteiger partial charge in [0.2, 0.25) is 0 Å². The molecule has 0 aliphatic rings. The van der Waals surface area contributed by atoms with Crippen LogP contribution in [-0.4, -0.2) is 0 Å². The van der Waals surface area contributed by atoms with Crippen LogP contribution in [0.25, 0.3) is 0 Å². The van der Waals surface area contributed by atoms with Crippen LogP contribution in [0, 0.1) is 13.1 Å². The Morgan fingerprint density at radius 1 is 1.36 bits per heavy atom. The molecule has 0 aliphatic heterocycles. The number of nitrogens with zero attached hydrogens (tertiary/aromatic N) is 1. The van der Waals surface area contributed by atoms with Crippen molar-refractivity contribution >= 4 is 5.69 Å². The van der Waals surface area contributed by atoms with Crippen LogP contribution in [0.15, 0.2) is 42.5 Å². The minimum atomic E-state index is 0.916. The second-order valence-corrected chi connectivity index (χ2v) is 3.34. The third-order valence-electron chi connectivity index (χ3n) is 1.97. The fraction of sp³-hybridized carbons (Fsp3) is 0.231. The average Bonchev–Trinajstić information content (AvgIpc) is 2.20. The first-order valence-corrected chi connectivity index (χ1v) is 4.84. The molecule has 0 fully saturated rings. The van der Waals surface area contributed by atoms with Crippen LogP contribution >= 0.6 is 0 Å². The second kappa shape index (κ2) is 5.48. The van der Waals surface area contributed by atoms with E-state index in [1.165, 1.54) is 11.3 Å². The monoisotopic (exact) mass is 187 g/mol. The molecule has 0 saturated carbocycles. The van der Waals surface area contributed by atoms with Gasteiger partial charge in [-0.15, -0.1) is 6.58 Å². The maximum Gasteiger partial charge on any atom is 0.0537 e. The van der Waals surface area contributed by atoms with Crippen molar-refractivity contribution in [3.63, 3.8) is 0 Å². The van der Waals surface area contributed by atoms with Crippen molar-refractivity contribution in [2.24, 2.45) is 0 Å². The third-order valence-corrected chi connectivity index (χ3v) is 1.97. The summed E-state index contributed by atoms with van der Waals surface area (Å²) >= 11 is 0. The molecular formula is C13H17N. The summed E-state index contributed by atoms with van der Waals surface area (Å²) in [5.74, 6) is 0. The Morgan fingerprint density at radius 3 is 2.50 bits per heavy atom. The zero-order valence-corrected chi connectivity index (χ0v) is 8.90. The largest absolute Gasteiger partial charge is 0.361 e. The number of hydrogen-bond donors (Lipinski definition) is 0. The summed E-state index contributed by atoms with van der Waals surface area (Å²) in [7, 11) is 0. The zero-order valence-electron chi connectivity index (χ0n) is 8.90. The lowest BCUT2D eigenvalue weighted by Gasteiger charge is -2.21. The molecule has 0 aliphatic carbocycles. The highest BCUT2D eigenvalue weighted by Crippen LogP contribution is 2.18. The molecule has 0 saturated heterocycles. The van der Waals surface area contributed by atoms with Gasteiger partial charge in [-0.2, -0.15) is 0 Å². The summed E-state index contributed by atoms with van der Waals surface area (Å²) in [6.45, 7) is 12.1. The standard InChI is InChI=1S/C13H17N/c1-4-14(11-10-12(2)3)13-8-6-5-7-9-13/h4-9,11H,2,10H2,1,3H3. The SMILES string of the molecule is C=C(C)C[CH]N([CH]C)c1ccccc1. The molecule has 0 amide bonds. The van der Waals surface area contributed by atoms with Crippen molar-refractivity contribution in [1.29, 1.82) is 0 Å². The van der Waals surface area contributed by atoms with Gasteiger partial charge in [-0.3, -0.25) is 0 Å². The molecule has 0 unspecified atom stereocenters. The smallest absolute Gasteiger partial charge is 0.0537 e. The van der Waals surface area contributed by atoms with E-state index in [1.807, 2.05) is 32.0 Å². The van der Waals surface area contributed by atoms with E-state index < -0.39 is 0 Å².